The molecule has 2 heterocycles. The number of benzene rings is 2. The van der Waals surface area contributed by atoms with E-state index in [4.69, 9.17) is 14.4 Å². The van der Waals surface area contributed by atoms with E-state index >= 15 is 0 Å². The number of hydrogen-bond donors (Lipinski definition) is 4. The van der Waals surface area contributed by atoms with Gasteiger partial charge in [-0.05, 0) is 59.7 Å². The number of ether oxygens (including phenoxy) is 1. The molecule has 0 radical (unpaired) electrons. The van der Waals surface area contributed by atoms with Crippen LogP contribution in [0.5, 0.6) is 11.5 Å². The molecular formula is C29H33N2O10+. The van der Waals surface area contributed by atoms with Crippen molar-refractivity contribution in [2.75, 3.05) is 13.2 Å². The van der Waals surface area contributed by atoms with Crippen LogP contribution in [-0.2, 0) is 28.8 Å². The maximum atomic E-state index is 12.6. The summed E-state index contributed by atoms with van der Waals surface area (Å²) in [7, 11) is 0. The van der Waals surface area contributed by atoms with Gasteiger partial charge in [0.2, 0.25) is 5.71 Å². The fraction of sp³-hybridized carbons (Fsp3) is 0.414. The maximum Gasteiger partial charge on any atom is 0.356 e. The van der Waals surface area contributed by atoms with E-state index in [0.717, 1.165) is 6.42 Å². The Morgan fingerprint density at radius 1 is 1.02 bits per heavy atom. The van der Waals surface area contributed by atoms with E-state index in [0.29, 0.717) is 29.0 Å². The molecule has 0 fully saturated rings. The molecule has 0 aromatic heterocycles. The largest absolute Gasteiger partial charge is 0.508 e. The lowest BCUT2D eigenvalue weighted by Gasteiger charge is -2.19. The summed E-state index contributed by atoms with van der Waals surface area (Å²) in [5.41, 5.74) is 0.274. The first-order valence-corrected chi connectivity index (χ1v) is 13.4. The van der Waals surface area contributed by atoms with Gasteiger partial charge in [0.25, 0.3) is 5.60 Å². The minimum atomic E-state index is -1.92. The van der Waals surface area contributed by atoms with Gasteiger partial charge in [-0.15, -0.1) is 0 Å². The number of rotatable bonds is 13. The van der Waals surface area contributed by atoms with Gasteiger partial charge in [-0.3, -0.25) is 14.4 Å². The van der Waals surface area contributed by atoms with Crippen LogP contribution in [-0.4, -0.2) is 79.4 Å². The van der Waals surface area contributed by atoms with Gasteiger partial charge in [-0.1, -0.05) is 18.5 Å². The molecule has 12 heteroatoms. The highest BCUT2D eigenvalue weighted by molar-refractivity contribution is 6.04. The Hall–Kier alpha value is -4.61. The summed E-state index contributed by atoms with van der Waals surface area (Å²) in [5.74, 6) is -3.51. The number of nitrogens with zero attached hydrogens (tertiary/aromatic N) is 2. The van der Waals surface area contributed by atoms with E-state index in [-0.39, 0.29) is 43.9 Å². The molecule has 2 aliphatic rings. The molecule has 0 amide bonds. The van der Waals surface area contributed by atoms with Crippen molar-refractivity contribution in [3.63, 3.8) is 0 Å². The number of carbonyl (C=O) groups is 3. The third-order valence-electron chi connectivity index (χ3n) is 7.09. The third kappa shape index (κ3) is 6.94. The van der Waals surface area contributed by atoms with Gasteiger partial charge in [-0.2, -0.15) is 0 Å². The standard InChI is InChI=1S/C29H32N2O10/c1-2-3-14-39-26(36)17-29(28(37)38)16-23(18-4-8-20(32)9-5-18)31(41-29)13-12-22-24(15-25(34)35)40-30-27(22)19-6-10-21(33)11-7-19/h4-11,22,24H,2-3,12-17H2,1H3,(H3,30,33,34,35,37,38)/p+1. The van der Waals surface area contributed by atoms with Crippen LogP contribution in [0.2, 0.25) is 0 Å². The number of oxime groups is 1. The summed E-state index contributed by atoms with van der Waals surface area (Å²) in [6.45, 7) is 2.23. The summed E-state index contributed by atoms with van der Waals surface area (Å²) < 4.78 is 6.63. The number of carboxylic acid groups (broad SMARTS) is 2. The predicted octanol–water partition coefficient (Wildman–Crippen LogP) is 3.08. The first kappa shape index (κ1) is 29.4. The molecule has 0 saturated heterocycles. The van der Waals surface area contributed by atoms with E-state index in [2.05, 4.69) is 5.16 Å². The molecule has 0 spiro atoms. The second-order valence-corrected chi connectivity index (χ2v) is 10.1. The van der Waals surface area contributed by atoms with Crippen molar-refractivity contribution < 1.29 is 54.0 Å². The molecule has 2 aromatic carbocycles. The highest BCUT2D eigenvalue weighted by Gasteiger charge is 2.57. The van der Waals surface area contributed by atoms with Gasteiger partial charge < -0.3 is 30.0 Å². The van der Waals surface area contributed by atoms with Gasteiger partial charge in [0.15, 0.2) is 6.54 Å². The second kappa shape index (κ2) is 12.7. The molecule has 0 bridgehead atoms. The highest BCUT2D eigenvalue weighted by atomic mass is 16.7. The maximum absolute atomic E-state index is 12.6. The summed E-state index contributed by atoms with van der Waals surface area (Å²) in [6.07, 6.45) is -0.0375. The smallest absolute Gasteiger partial charge is 0.356 e. The van der Waals surface area contributed by atoms with Crippen LogP contribution in [0.15, 0.2) is 53.7 Å². The molecule has 12 nitrogen and oxygen atoms in total. The zero-order valence-electron chi connectivity index (χ0n) is 22.6. The van der Waals surface area contributed by atoms with Crippen LogP contribution in [0.3, 0.4) is 0 Å². The van der Waals surface area contributed by atoms with Crippen molar-refractivity contribution in [2.45, 2.75) is 57.2 Å². The zero-order chi connectivity index (χ0) is 29.6. The average Bonchev–Trinajstić information content (AvgIpc) is 3.50. The van der Waals surface area contributed by atoms with Gasteiger partial charge in [0.1, 0.15) is 24.0 Å². The Labute approximate surface area is 236 Å². The number of aliphatic carboxylic acids is 2. The number of esters is 1. The minimum Gasteiger partial charge on any atom is -0.508 e. The van der Waals surface area contributed by atoms with Crippen molar-refractivity contribution in [2.24, 2.45) is 11.1 Å². The summed E-state index contributed by atoms with van der Waals surface area (Å²) in [6, 6.07) is 12.4. The summed E-state index contributed by atoms with van der Waals surface area (Å²) in [5, 5.41) is 43.2. The Morgan fingerprint density at radius 2 is 1.66 bits per heavy atom. The molecule has 4 rings (SSSR count). The minimum absolute atomic E-state index is 0.0261. The fourth-order valence-corrected chi connectivity index (χ4v) is 4.91. The zero-order valence-corrected chi connectivity index (χ0v) is 22.6. The number of carboxylic acids is 2. The first-order chi connectivity index (χ1) is 19.6. The van der Waals surface area contributed by atoms with Crippen LogP contribution in [0.1, 0.15) is 56.6 Å². The molecule has 3 unspecified atom stereocenters. The lowest BCUT2D eigenvalue weighted by Crippen LogP contribution is -2.43. The molecule has 0 saturated carbocycles. The average molecular weight is 570 g/mol. The molecule has 2 aromatic rings. The van der Waals surface area contributed by atoms with Crippen molar-refractivity contribution in [1.82, 2.24) is 0 Å². The number of hydroxylamine groups is 1. The predicted molar refractivity (Wildman–Crippen MR) is 144 cm³/mol. The first-order valence-electron chi connectivity index (χ1n) is 13.4. The summed E-state index contributed by atoms with van der Waals surface area (Å²) in [4.78, 5) is 48.2. The Balaban J connectivity index is 1.62. The third-order valence-corrected chi connectivity index (χ3v) is 7.09. The molecule has 218 valence electrons. The monoisotopic (exact) mass is 569 g/mol. The Bertz CT molecular complexity index is 1340. The van der Waals surface area contributed by atoms with Crippen LogP contribution < -0.4 is 0 Å². The SMILES string of the molecule is CCCCOC(=O)CC1(C(=O)O)CC(c2ccc(O)cc2)=[N+](CCC2C(c3ccc(O)cc3)=NOC2CC(=O)O)O1. The van der Waals surface area contributed by atoms with Crippen LogP contribution >= 0.6 is 0 Å². The van der Waals surface area contributed by atoms with Crippen molar-refractivity contribution in [3.8, 4) is 11.5 Å². The van der Waals surface area contributed by atoms with Gasteiger partial charge in [0.05, 0.1) is 31.1 Å². The number of aromatic hydroxyl groups is 2. The van der Waals surface area contributed by atoms with Gasteiger partial charge >= 0.3 is 17.9 Å². The lowest BCUT2D eigenvalue weighted by molar-refractivity contribution is -0.793. The van der Waals surface area contributed by atoms with Gasteiger partial charge in [-0.25, -0.2) is 4.79 Å². The fourth-order valence-electron chi connectivity index (χ4n) is 4.91. The number of phenolic OH excluding ortho intramolecular Hbond substituents is 2. The number of carbonyl (C=O) groups excluding carboxylic acids is 1. The molecule has 3 atom stereocenters. The molecule has 0 aliphatic carbocycles. The number of hydrogen-bond acceptors (Lipinski definition) is 9. The van der Waals surface area contributed by atoms with Crippen LogP contribution in [0, 0.1) is 5.92 Å². The van der Waals surface area contributed by atoms with E-state index in [9.17, 15) is 34.8 Å². The highest BCUT2D eigenvalue weighted by Crippen LogP contribution is 2.34. The Morgan fingerprint density at radius 3 is 2.24 bits per heavy atom. The van der Waals surface area contributed by atoms with Crippen LogP contribution in [0.25, 0.3) is 0 Å². The van der Waals surface area contributed by atoms with E-state index in [1.165, 1.54) is 29.0 Å². The van der Waals surface area contributed by atoms with Crippen molar-refractivity contribution in [3.05, 3.63) is 59.7 Å². The summed E-state index contributed by atoms with van der Waals surface area (Å²) >= 11 is 0. The molecule has 4 N–H and O–H groups in total. The van der Waals surface area contributed by atoms with E-state index < -0.39 is 42.0 Å². The Kier molecular flexibility index (Phi) is 9.10. The van der Waals surface area contributed by atoms with Crippen LogP contribution in [0.4, 0.5) is 0 Å². The normalized spacial score (nSPS) is 21.6. The van der Waals surface area contributed by atoms with E-state index in [1.54, 1.807) is 24.3 Å². The number of phenols is 2. The lowest BCUT2D eigenvalue weighted by atomic mass is 9.88. The van der Waals surface area contributed by atoms with E-state index in [1.807, 2.05) is 6.92 Å². The van der Waals surface area contributed by atoms with Crippen molar-refractivity contribution >= 4 is 29.3 Å². The molecule has 2 aliphatic heterocycles. The second-order valence-electron chi connectivity index (χ2n) is 10.1. The molecule has 41 heavy (non-hydrogen) atoms. The quantitative estimate of drug-likeness (QED) is 0.159. The topological polar surface area (TPSA) is 175 Å². The molecular weight excluding hydrogens is 536 g/mol. The van der Waals surface area contributed by atoms with Gasteiger partial charge in [0, 0.05) is 17.5 Å². The van der Waals surface area contributed by atoms with Crippen molar-refractivity contribution in [1.29, 1.82) is 0 Å². The number of unbranched alkanes of at least 4 members (excludes halogenated alkanes) is 1.